The van der Waals surface area contributed by atoms with Crippen molar-refractivity contribution in [1.29, 1.82) is 0 Å². The van der Waals surface area contributed by atoms with Gasteiger partial charge in [0.05, 0.1) is 18.3 Å². The summed E-state index contributed by atoms with van der Waals surface area (Å²) in [6.45, 7) is 3.20. The first kappa shape index (κ1) is 13.8. The summed E-state index contributed by atoms with van der Waals surface area (Å²) < 4.78 is 17.6. The van der Waals surface area contributed by atoms with E-state index >= 15 is 0 Å². The molecule has 2 N–H and O–H groups in total. The van der Waals surface area contributed by atoms with Crippen molar-refractivity contribution in [3.63, 3.8) is 0 Å². The fraction of sp³-hybridized carbons (Fsp3) is 1.00. The lowest BCUT2D eigenvalue weighted by Crippen LogP contribution is -2.48. The van der Waals surface area contributed by atoms with Crippen LogP contribution in [0.25, 0.3) is 0 Å². The number of hydrogen-bond donors (Lipinski definition) is 1. The molecular weight excluding hydrogens is 242 g/mol. The monoisotopic (exact) mass is 269 g/mol. The second-order valence-electron chi connectivity index (χ2n) is 6.64. The van der Waals surface area contributed by atoms with Gasteiger partial charge in [-0.1, -0.05) is 12.8 Å². The average molecular weight is 269 g/mol. The first-order chi connectivity index (χ1) is 9.20. The summed E-state index contributed by atoms with van der Waals surface area (Å²) in [7, 11) is 0. The molecule has 1 aliphatic carbocycles. The minimum atomic E-state index is -0.0544. The summed E-state index contributed by atoms with van der Waals surface area (Å²) in [5.41, 5.74) is 6.34. The molecule has 1 atom stereocenters. The number of ether oxygens (including phenoxy) is 3. The Labute approximate surface area is 116 Å². The SMILES string of the molecule is NC1(COC2CCOC3(CCOCC3)C2)CCCC1. The van der Waals surface area contributed by atoms with Gasteiger partial charge in [0.1, 0.15) is 0 Å². The van der Waals surface area contributed by atoms with Crippen LogP contribution in [0, 0.1) is 0 Å². The van der Waals surface area contributed by atoms with Crippen molar-refractivity contribution in [1.82, 2.24) is 0 Å². The molecule has 2 aliphatic heterocycles. The molecule has 3 aliphatic rings. The molecule has 3 rings (SSSR count). The minimum Gasteiger partial charge on any atom is -0.381 e. The van der Waals surface area contributed by atoms with Crippen molar-refractivity contribution in [3.8, 4) is 0 Å². The van der Waals surface area contributed by atoms with Crippen LogP contribution in [-0.2, 0) is 14.2 Å². The molecule has 1 saturated carbocycles. The van der Waals surface area contributed by atoms with Gasteiger partial charge in [-0.25, -0.2) is 0 Å². The van der Waals surface area contributed by atoms with E-state index in [1.165, 1.54) is 12.8 Å². The Morgan fingerprint density at radius 1 is 1.05 bits per heavy atom. The van der Waals surface area contributed by atoms with Crippen LogP contribution in [0.1, 0.15) is 51.4 Å². The Bertz CT molecular complexity index is 290. The fourth-order valence-corrected chi connectivity index (χ4v) is 3.72. The zero-order chi connectivity index (χ0) is 13.2. The maximum Gasteiger partial charge on any atom is 0.0751 e. The van der Waals surface area contributed by atoms with E-state index in [2.05, 4.69) is 0 Å². The molecule has 0 aromatic carbocycles. The van der Waals surface area contributed by atoms with E-state index in [4.69, 9.17) is 19.9 Å². The molecule has 0 radical (unpaired) electrons. The van der Waals surface area contributed by atoms with E-state index in [0.29, 0.717) is 6.10 Å². The van der Waals surface area contributed by atoms with Gasteiger partial charge in [0.2, 0.25) is 0 Å². The van der Waals surface area contributed by atoms with E-state index in [9.17, 15) is 0 Å². The zero-order valence-corrected chi connectivity index (χ0v) is 11.9. The molecular formula is C15H27NO3. The molecule has 1 unspecified atom stereocenters. The van der Waals surface area contributed by atoms with E-state index in [0.717, 1.165) is 65.0 Å². The van der Waals surface area contributed by atoms with Crippen LogP contribution >= 0.6 is 0 Å². The highest BCUT2D eigenvalue weighted by Crippen LogP contribution is 2.36. The molecule has 1 spiro atoms. The molecule has 0 amide bonds. The quantitative estimate of drug-likeness (QED) is 0.851. The van der Waals surface area contributed by atoms with E-state index in [1.54, 1.807) is 0 Å². The van der Waals surface area contributed by atoms with Crippen molar-refractivity contribution in [2.24, 2.45) is 5.73 Å². The molecule has 110 valence electrons. The predicted molar refractivity (Wildman–Crippen MR) is 73.1 cm³/mol. The topological polar surface area (TPSA) is 53.7 Å². The Morgan fingerprint density at radius 3 is 2.53 bits per heavy atom. The van der Waals surface area contributed by atoms with E-state index in [-0.39, 0.29) is 11.1 Å². The van der Waals surface area contributed by atoms with Crippen molar-refractivity contribution < 1.29 is 14.2 Å². The average Bonchev–Trinajstić information content (AvgIpc) is 2.85. The summed E-state index contributed by atoms with van der Waals surface area (Å²) in [6, 6.07) is 0. The summed E-state index contributed by atoms with van der Waals surface area (Å²) >= 11 is 0. The molecule has 4 heteroatoms. The van der Waals surface area contributed by atoms with Crippen LogP contribution in [0.2, 0.25) is 0 Å². The molecule has 3 fully saturated rings. The van der Waals surface area contributed by atoms with Gasteiger partial charge in [0.25, 0.3) is 0 Å². The Morgan fingerprint density at radius 2 is 1.79 bits per heavy atom. The van der Waals surface area contributed by atoms with Gasteiger partial charge >= 0.3 is 0 Å². The lowest BCUT2D eigenvalue weighted by atomic mass is 9.85. The number of nitrogens with two attached hydrogens (primary N) is 1. The molecule has 0 bridgehead atoms. The first-order valence-corrected chi connectivity index (χ1v) is 7.82. The normalized spacial score (nSPS) is 33.6. The van der Waals surface area contributed by atoms with Crippen molar-refractivity contribution in [2.75, 3.05) is 26.4 Å². The van der Waals surface area contributed by atoms with Gasteiger partial charge in [-0.3, -0.25) is 0 Å². The summed E-state index contributed by atoms with van der Waals surface area (Å²) in [6.07, 6.45) is 9.15. The minimum absolute atomic E-state index is 0.0264. The molecule has 2 saturated heterocycles. The van der Waals surface area contributed by atoms with Gasteiger partial charge in [0, 0.05) is 31.8 Å². The summed E-state index contributed by atoms with van der Waals surface area (Å²) in [5, 5.41) is 0. The highest BCUT2D eigenvalue weighted by Gasteiger charge is 2.40. The third-order valence-corrected chi connectivity index (χ3v) is 5.06. The second kappa shape index (κ2) is 5.68. The van der Waals surface area contributed by atoms with Crippen molar-refractivity contribution in [3.05, 3.63) is 0 Å². The van der Waals surface area contributed by atoms with Crippen molar-refractivity contribution in [2.45, 2.75) is 68.6 Å². The fourth-order valence-electron chi connectivity index (χ4n) is 3.72. The van der Waals surface area contributed by atoms with Gasteiger partial charge in [-0.05, 0) is 32.1 Å². The highest BCUT2D eigenvalue weighted by atomic mass is 16.5. The third-order valence-electron chi connectivity index (χ3n) is 5.06. The van der Waals surface area contributed by atoms with Gasteiger partial charge in [-0.2, -0.15) is 0 Å². The summed E-state index contributed by atoms with van der Waals surface area (Å²) in [4.78, 5) is 0. The largest absolute Gasteiger partial charge is 0.381 e. The zero-order valence-electron chi connectivity index (χ0n) is 11.9. The molecule has 0 aromatic heterocycles. The molecule has 4 nitrogen and oxygen atoms in total. The van der Waals surface area contributed by atoms with Gasteiger partial charge < -0.3 is 19.9 Å². The van der Waals surface area contributed by atoms with Crippen LogP contribution in [0.15, 0.2) is 0 Å². The maximum atomic E-state index is 6.37. The predicted octanol–water partition coefficient (Wildman–Crippen LogP) is 2.00. The molecule has 0 aromatic rings. The molecule has 19 heavy (non-hydrogen) atoms. The standard InChI is InChI=1S/C15H27NO3/c16-14(4-1-2-5-14)12-18-13-3-8-19-15(11-13)6-9-17-10-7-15/h13H,1-12,16H2. The van der Waals surface area contributed by atoms with Crippen LogP contribution in [0.4, 0.5) is 0 Å². The Balaban J connectivity index is 1.50. The maximum absolute atomic E-state index is 6.37. The smallest absolute Gasteiger partial charge is 0.0751 e. The lowest BCUT2D eigenvalue weighted by molar-refractivity contribution is -0.172. The number of rotatable bonds is 3. The highest BCUT2D eigenvalue weighted by molar-refractivity contribution is 4.92. The van der Waals surface area contributed by atoms with Gasteiger partial charge in [0.15, 0.2) is 0 Å². The van der Waals surface area contributed by atoms with E-state index in [1.807, 2.05) is 0 Å². The summed E-state index contributed by atoms with van der Waals surface area (Å²) in [5.74, 6) is 0. The molecule has 2 heterocycles. The van der Waals surface area contributed by atoms with Crippen molar-refractivity contribution >= 4 is 0 Å². The van der Waals surface area contributed by atoms with Crippen LogP contribution < -0.4 is 5.73 Å². The second-order valence-corrected chi connectivity index (χ2v) is 6.64. The van der Waals surface area contributed by atoms with Crippen LogP contribution in [0.3, 0.4) is 0 Å². The Hall–Kier alpha value is -0.160. The van der Waals surface area contributed by atoms with Crippen LogP contribution in [-0.4, -0.2) is 43.7 Å². The number of hydrogen-bond acceptors (Lipinski definition) is 4. The lowest BCUT2D eigenvalue weighted by Gasteiger charge is -2.43. The first-order valence-electron chi connectivity index (χ1n) is 7.82. The van der Waals surface area contributed by atoms with Gasteiger partial charge in [-0.15, -0.1) is 0 Å². The van der Waals surface area contributed by atoms with Crippen LogP contribution in [0.5, 0.6) is 0 Å². The third kappa shape index (κ3) is 3.30. The van der Waals surface area contributed by atoms with E-state index < -0.39 is 0 Å². The Kier molecular flexibility index (Phi) is 4.13.